The summed E-state index contributed by atoms with van der Waals surface area (Å²) >= 11 is 1.09. The molecule has 0 aliphatic heterocycles. The maximum atomic E-state index is 12.1. The molecule has 7 heteroatoms. The van der Waals surface area contributed by atoms with E-state index in [-0.39, 0.29) is 16.1 Å². The number of sulfone groups is 1. The van der Waals surface area contributed by atoms with Crippen LogP contribution in [0.25, 0.3) is 0 Å². The molecular formula is C13H14N2O3S2. The largest absolute Gasteiger partial charge is 0.298 e. The van der Waals surface area contributed by atoms with Gasteiger partial charge in [-0.05, 0) is 25.5 Å². The van der Waals surface area contributed by atoms with Gasteiger partial charge in [-0.1, -0.05) is 17.7 Å². The summed E-state index contributed by atoms with van der Waals surface area (Å²) in [5, 5.41) is 4.27. The molecular weight excluding hydrogens is 296 g/mol. The molecule has 0 fully saturated rings. The molecule has 0 saturated heterocycles. The number of thiazole rings is 1. The van der Waals surface area contributed by atoms with Gasteiger partial charge >= 0.3 is 0 Å². The lowest BCUT2D eigenvalue weighted by Crippen LogP contribution is -2.13. The van der Waals surface area contributed by atoms with Gasteiger partial charge in [-0.25, -0.2) is 13.4 Å². The number of nitrogens with zero attached hydrogens (tertiary/aromatic N) is 1. The second-order valence-corrected chi connectivity index (χ2v) is 7.36. The highest BCUT2D eigenvalue weighted by Crippen LogP contribution is 2.20. The first-order valence-electron chi connectivity index (χ1n) is 5.81. The van der Waals surface area contributed by atoms with Crippen LogP contribution < -0.4 is 5.32 Å². The van der Waals surface area contributed by atoms with Gasteiger partial charge in [-0.2, -0.15) is 0 Å². The number of rotatable bonds is 3. The Kier molecular flexibility index (Phi) is 3.92. The summed E-state index contributed by atoms with van der Waals surface area (Å²) in [6.07, 6.45) is 1.08. The van der Waals surface area contributed by atoms with Crippen molar-refractivity contribution in [3.8, 4) is 0 Å². The van der Waals surface area contributed by atoms with Crippen LogP contribution in [0.5, 0.6) is 0 Å². The maximum Gasteiger partial charge on any atom is 0.257 e. The number of hydrogen-bond acceptors (Lipinski definition) is 5. The minimum Gasteiger partial charge on any atom is -0.298 e. The van der Waals surface area contributed by atoms with E-state index < -0.39 is 9.84 Å². The average Bonchev–Trinajstić information content (AvgIpc) is 2.76. The fourth-order valence-electron chi connectivity index (χ4n) is 1.72. The Morgan fingerprint density at radius 3 is 2.55 bits per heavy atom. The zero-order chi connectivity index (χ0) is 14.9. The van der Waals surface area contributed by atoms with E-state index in [2.05, 4.69) is 10.3 Å². The van der Waals surface area contributed by atoms with Crippen LogP contribution in [0.15, 0.2) is 28.6 Å². The van der Waals surface area contributed by atoms with Crippen LogP contribution in [-0.4, -0.2) is 25.6 Å². The lowest BCUT2D eigenvalue weighted by atomic mass is 10.1. The molecule has 20 heavy (non-hydrogen) atoms. The molecule has 0 spiro atoms. The Hall–Kier alpha value is -1.73. The molecule has 1 heterocycles. The Morgan fingerprint density at radius 2 is 2.00 bits per heavy atom. The van der Waals surface area contributed by atoms with Crippen LogP contribution in [0.4, 0.5) is 5.13 Å². The summed E-state index contributed by atoms with van der Waals surface area (Å²) in [4.78, 5) is 16.0. The highest BCUT2D eigenvalue weighted by molar-refractivity contribution is 7.90. The summed E-state index contributed by atoms with van der Waals surface area (Å²) in [5.41, 5.74) is 2.49. The zero-order valence-electron chi connectivity index (χ0n) is 11.3. The van der Waals surface area contributed by atoms with Crippen molar-refractivity contribution in [1.82, 2.24) is 4.98 Å². The number of nitrogens with one attached hydrogen (secondary N) is 1. The summed E-state index contributed by atoms with van der Waals surface area (Å²) in [7, 11) is -3.35. The van der Waals surface area contributed by atoms with Crippen LogP contribution in [0.3, 0.4) is 0 Å². The van der Waals surface area contributed by atoms with E-state index in [0.29, 0.717) is 5.56 Å². The van der Waals surface area contributed by atoms with E-state index in [4.69, 9.17) is 0 Å². The van der Waals surface area contributed by atoms with E-state index in [0.717, 1.165) is 28.7 Å². The van der Waals surface area contributed by atoms with Gasteiger partial charge in [0.05, 0.1) is 0 Å². The molecule has 2 rings (SSSR count). The lowest BCUT2D eigenvalue weighted by molar-refractivity contribution is 0.102. The second-order valence-electron chi connectivity index (χ2n) is 4.54. The van der Waals surface area contributed by atoms with E-state index in [9.17, 15) is 13.2 Å². The van der Waals surface area contributed by atoms with Crippen LogP contribution in [0, 0.1) is 13.8 Å². The fourth-order valence-corrected chi connectivity index (χ4v) is 3.45. The molecule has 0 saturated carbocycles. The van der Waals surface area contributed by atoms with Gasteiger partial charge in [0.2, 0.25) is 0 Å². The molecule has 0 bridgehead atoms. The minimum atomic E-state index is -3.35. The number of carbonyl (C=O) groups is 1. The van der Waals surface area contributed by atoms with Crippen molar-refractivity contribution < 1.29 is 13.2 Å². The lowest BCUT2D eigenvalue weighted by Gasteiger charge is -2.06. The molecule has 0 unspecified atom stereocenters. The van der Waals surface area contributed by atoms with E-state index in [1.807, 2.05) is 26.0 Å². The van der Waals surface area contributed by atoms with Crippen molar-refractivity contribution >= 4 is 32.2 Å². The summed E-state index contributed by atoms with van der Waals surface area (Å²) in [6.45, 7) is 3.81. The van der Waals surface area contributed by atoms with E-state index >= 15 is 0 Å². The number of aromatic nitrogens is 1. The van der Waals surface area contributed by atoms with E-state index in [1.165, 1.54) is 5.38 Å². The van der Waals surface area contributed by atoms with Crippen molar-refractivity contribution in [1.29, 1.82) is 0 Å². The van der Waals surface area contributed by atoms with Gasteiger partial charge in [0, 0.05) is 17.2 Å². The highest BCUT2D eigenvalue weighted by Gasteiger charge is 2.15. The van der Waals surface area contributed by atoms with Crippen LogP contribution in [-0.2, 0) is 9.84 Å². The first kappa shape index (κ1) is 14.7. The van der Waals surface area contributed by atoms with Gasteiger partial charge in [-0.3, -0.25) is 10.1 Å². The van der Waals surface area contributed by atoms with E-state index in [1.54, 1.807) is 6.07 Å². The Labute approximate surface area is 121 Å². The smallest absolute Gasteiger partial charge is 0.257 e. The number of amides is 1. The van der Waals surface area contributed by atoms with Crippen LogP contribution >= 0.6 is 11.3 Å². The molecule has 1 N–H and O–H groups in total. The molecule has 106 valence electrons. The topological polar surface area (TPSA) is 76.1 Å². The molecule has 1 aromatic carbocycles. The standard InChI is InChI=1S/C13H14N2O3S2/c1-8-4-5-10(9(2)6-8)12(16)15-13-14-11(7-19-13)20(3,17)18/h4-7H,1-3H3,(H,14,15,16). The quantitative estimate of drug-likeness (QED) is 0.944. The number of hydrogen-bond donors (Lipinski definition) is 1. The third-order valence-corrected chi connectivity index (χ3v) is 4.59. The van der Waals surface area contributed by atoms with Crippen molar-refractivity contribution in [2.24, 2.45) is 0 Å². The third kappa shape index (κ3) is 3.23. The normalized spacial score (nSPS) is 11.3. The number of benzene rings is 1. The molecule has 0 atom stereocenters. The predicted molar refractivity (Wildman–Crippen MR) is 79.1 cm³/mol. The number of aryl methyl sites for hydroxylation is 2. The maximum absolute atomic E-state index is 12.1. The Morgan fingerprint density at radius 1 is 1.30 bits per heavy atom. The molecule has 1 amide bonds. The molecule has 0 aliphatic rings. The number of carbonyl (C=O) groups excluding carboxylic acids is 1. The van der Waals surface area contributed by atoms with Gasteiger partial charge in [0.1, 0.15) is 0 Å². The van der Waals surface area contributed by atoms with Gasteiger partial charge in [0.15, 0.2) is 20.0 Å². The second kappa shape index (κ2) is 5.34. The van der Waals surface area contributed by atoms with Crippen molar-refractivity contribution in [2.45, 2.75) is 18.9 Å². The third-order valence-electron chi connectivity index (χ3n) is 2.71. The summed E-state index contributed by atoms with van der Waals surface area (Å²) in [6, 6.07) is 5.51. The molecule has 2 aromatic rings. The summed E-state index contributed by atoms with van der Waals surface area (Å²) < 4.78 is 22.7. The van der Waals surface area contributed by atoms with Crippen LogP contribution in [0.1, 0.15) is 21.5 Å². The summed E-state index contributed by atoms with van der Waals surface area (Å²) in [5.74, 6) is -0.295. The monoisotopic (exact) mass is 310 g/mol. The molecule has 5 nitrogen and oxygen atoms in total. The average molecular weight is 310 g/mol. The zero-order valence-corrected chi connectivity index (χ0v) is 12.9. The predicted octanol–water partition coefficient (Wildman–Crippen LogP) is 2.42. The SMILES string of the molecule is Cc1ccc(C(=O)Nc2nc(S(C)(=O)=O)cs2)c(C)c1. The van der Waals surface area contributed by atoms with Crippen LogP contribution in [0.2, 0.25) is 0 Å². The van der Waals surface area contributed by atoms with Gasteiger partial charge < -0.3 is 0 Å². The van der Waals surface area contributed by atoms with Gasteiger partial charge in [0.25, 0.3) is 5.91 Å². The molecule has 0 radical (unpaired) electrons. The Balaban J connectivity index is 2.22. The van der Waals surface area contributed by atoms with Crippen molar-refractivity contribution in [3.63, 3.8) is 0 Å². The van der Waals surface area contributed by atoms with Gasteiger partial charge in [-0.15, -0.1) is 11.3 Å². The molecule has 0 aliphatic carbocycles. The molecule has 1 aromatic heterocycles. The first-order chi connectivity index (χ1) is 9.27. The Bertz CT molecular complexity index is 764. The van der Waals surface area contributed by atoms with Crippen molar-refractivity contribution in [2.75, 3.05) is 11.6 Å². The fraction of sp³-hybridized carbons (Fsp3) is 0.231. The first-order valence-corrected chi connectivity index (χ1v) is 8.58. The number of anilines is 1. The highest BCUT2D eigenvalue weighted by atomic mass is 32.2. The van der Waals surface area contributed by atoms with Crippen molar-refractivity contribution in [3.05, 3.63) is 40.3 Å². The minimum absolute atomic E-state index is 0.0292.